The summed E-state index contributed by atoms with van der Waals surface area (Å²) >= 11 is 0. The van der Waals surface area contributed by atoms with Crippen LogP contribution in [-0.4, -0.2) is 37.2 Å². The molecular weight excluding hydrogens is 781 g/mol. The lowest BCUT2D eigenvalue weighted by Gasteiger charge is -2.18. The quantitative estimate of drug-likeness (QED) is 0.0262. The molecule has 63 heavy (non-hydrogen) atoms. The van der Waals surface area contributed by atoms with E-state index in [9.17, 15) is 14.4 Å². The highest BCUT2D eigenvalue weighted by atomic mass is 16.6. The first kappa shape index (κ1) is 59.9. The predicted octanol–water partition coefficient (Wildman–Crippen LogP) is 17.4. The van der Waals surface area contributed by atoms with Crippen molar-refractivity contribution in [3.63, 3.8) is 0 Å². The zero-order chi connectivity index (χ0) is 45.8. The lowest BCUT2D eigenvalue weighted by Crippen LogP contribution is -2.30. The Hall–Kier alpha value is -3.15. The molecule has 0 saturated carbocycles. The van der Waals surface area contributed by atoms with Crippen molar-refractivity contribution in [3.05, 3.63) is 72.9 Å². The zero-order valence-corrected chi connectivity index (χ0v) is 41.3. The van der Waals surface area contributed by atoms with Crippen LogP contribution in [0, 0.1) is 0 Å². The van der Waals surface area contributed by atoms with E-state index in [0.29, 0.717) is 19.3 Å². The van der Waals surface area contributed by atoms with Crippen LogP contribution >= 0.6 is 0 Å². The molecule has 0 aliphatic heterocycles. The standard InChI is InChI=1S/C57H98O6/c1-4-7-10-13-16-19-22-25-27-28-30-32-35-38-41-44-47-50-56(59)62-53-54(52-61-55(58)49-46-43-40-37-34-31-24-21-18-15-12-9-6-3)63-57(60)51-48-45-42-39-36-33-29-26-23-20-17-14-11-8-5-2/h16,19,21,24-27,29-30,32,38,41,54H,4-15,17-18,20,22-23,28,31,33-37,39-40,42-53H2,1-3H3/b19-16-,24-21-,27-25-,29-26-,32-30-,41-38-/t54-/m0/s1. The Bertz CT molecular complexity index is 1190. The van der Waals surface area contributed by atoms with Gasteiger partial charge in [0.05, 0.1) is 0 Å². The molecule has 1 atom stereocenters. The first-order valence-electron chi connectivity index (χ1n) is 26.4. The van der Waals surface area contributed by atoms with Gasteiger partial charge in [0.1, 0.15) is 13.2 Å². The number of hydrogen-bond acceptors (Lipinski definition) is 6. The Morgan fingerprint density at radius 2 is 0.587 bits per heavy atom. The molecule has 0 spiro atoms. The summed E-state index contributed by atoms with van der Waals surface area (Å²) in [5, 5.41) is 0. The van der Waals surface area contributed by atoms with Gasteiger partial charge in [-0.25, -0.2) is 0 Å². The minimum atomic E-state index is -0.804. The van der Waals surface area contributed by atoms with Crippen LogP contribution in [0.5, 0.6) is 0 Å². The Kier molecular flexibility index (Phi) is 48.9. The van der Waals surface area contributed by atoms with Gasteiger partial charge in [0, 0.05) is 19.3 Å². The molecule has 0 saturated heterocycles. The van der Waals surface area contributed by atoms with Crippen LogP contribution in [0.1, 0.15) is 252 Å². The van der Waals surface area contributed by atoms with E-state index < -0.39 is 6.10 Å². The summed E-state index contributed by atoms with van der Waals surface area (Å²) in [4.78, 5) is 38.0. The minimum absolute atomic E-state index is 0.1000. The van der Waals surface area contributed by atoms with Gasteiger partial charge in [-0.2, -0.15) is 0 Å². The van der Waals surface area contributed by atoms with Gasteiger partial charge < -0.3 is 14.2 Å². The Labute approximate surface area is 389 Å². The summed E-state index contributed by atoms with van der Waals surface area (Å²) in [7, 11) is 0. The number of esters is 3. The average molecular weight is 879 g/mol. The molecule has 0 aromatic rings. The fourth-order valence-corrected chi connectivity index (χ4v) is 7.13. The number of ether oxygens (including phenoxy) is 3. The van der Waals surface area contributed by atoms with Crippen LogP contribution in [0.3, 0.4) is 0 Å². The third kappa shape index (κ3) is 49.7. The third-order valence-electron chi connectivity index (χ3n) is 11.2. The first-order valence-corrected chi connectivity index (χ1v) is 26.4. The van der Waals surface area contributed by atoms with Crippen LogP contribution < -0.4 is 0 Å². The molecule has 0 aromatic heterocycles. The Morgan fingerprint density at radius 1 is 0.317 bits per heavy atom. The number of carbonyl (C=O) groups is 3. The second-order valence-electron chi connectivity index (χ2n) is 17.4. The molecule has 0 N–H and O–H groups in total. The number of unbranched alkanes of at least 4 members (excludes halogenated alkanes) is 24. The maximum atomic E-state index is 12.8. The molecule has 0 rings (SSSR count). The van der Waals surface area contributed by atoms with E-state index in [4.69, 9.17) is 14.2 Å². The molecule has 0 unspecified atom stereocenters. The van der Waals surface area contributed by atoms with Crippen molar-refractivity contribution in [2.24, 2.45) is 0 Å². The number of carbonyl (C=O) groups excluding carboxylic acids is 3. The van der Waals surface area contributed by atoms with Gasteiger partial charge in [-0.05, 0) is 109 Å². The molecule has 0 bridgehead atoms. The number of hydrogen-bond donors (Lipinski definition) is 0. The molecule has 0 amide bonds. The van der Waals surface area contributed by atoms with Crippen LogP contribution in [0.15, 0.2) is 72.9 Å². The van der Waals surface area contributed by atoms with Gasteiger partial charge >= 0.3 is 17.9 Å². The summed E-state index contributed by atoms with van der Waals surface area (Å²) in [6.45, 7) is 6.53. The maximum Gasteiger partial charge on any atom is 0.306 e. The van der Waals surface area contributed by atoms with Crippen molar-refractivity contribution in [3.8, 4) is 0 Å². The van der Waals surface area contributed by atoms with Crippen molar-refractivity contribution < 1.29 is 28.6 Å². The molecule has 0 aliphatic rings. The van der Waals surface area contributed by atoms with Crippen molar-refractivity contribution in [2.45, 2.75) is 258 Å². The molecule has 0 heterocycles. The van der Waals surface area contributed by atoms with Gasteiger partial charge in [-0.15, -0.1) is 0 Å². The second kappa shape index (κ2) is 51.5. The summed E-state index contributed by atoms with van der Waals surface area (Å²) in [6, 6.07) is 0. The van der Waals surface area contributed by atoms with E-state index in [-0.39, 0.29) is 37.5 Å². The van der Waals surface area contributed by atoms with Crippen LogP contribution in [-0.2, 0) is 28.6 Å². The molecular formula is C57H98O6. The molecule has 0 aromatic carbocycles. The van der Waals surface area contributed by atoms with E-state index in [1.807, 2.05) is 0 Å². The summed E-state index contributed by atoms with van der Waals surface area (Å²) in [6.07, 6.45) is 64.6. The molecule has 6 heteroatoms. The largest absolute Gasteiger partial charge is 0.462 e. The molecule has 0 fully saturated rings. The van der Waals surface area contributed by atoms with Gasteiger partial charge in [0.25, 0.3) is 0 Å². The third-order valence-corrected chi connectivity index (χ3v) is 11.2. The molecule has 0 radical (unpaired) electrons. The minimum Gasteiger partial charge on any atom is -0.462 e. The van der Waals surface area contributed by atoms with Gasteiger partial charge in [0.15, 0.2) is 6.10 Å². The highest BCUT2D eigenvalue weighted by molar-refractivity contribution is 5.71. The molecule has 362 valence electrons. The number of allylic oxidation sites excluding steroid dienone is 12. The van der Waals surface area contributed by atoms with Crippen LogP contribution in [0.2, 0.25) is 0 Å². The van der Waals surface area contributed by atoms with E-state index >= 15 is 0 Å². The first-order chi connectivity index (χ1) is 31.0. The van der Waals surface area contributed by atoms with Crippen LogP contribution in [0.4, 0.5) is 0 Å². The van der Waals surface area contributed by atoms with Crippen molar-refractivity contribution in [2.75, 3.05) is 13.2 Å². The van der Waals surface area contributed by atoms with Crippen LogP contribution in [0.25, 0.3) is 0 Å². The monoisotopic (exact) mass is 879 g/mol. The lowest BCUT2D eigenvalue weighted by atomic mass is 10.1. The highest BCUT2D eigenvalue weighted by Gasteiger charge is 2.19. The van der Waals surface area contributed by atoms with E-state index in [1.165, 1.54) is 122 Å². The van der Waals surface area contributed by atoms with E-state index in [0.717, 1.165) is 83.5 Å². The second-order valence-corrected chi connectivity index (χ2v) is 17.4. The summed E-state index contributed by atoms with van der Waals surface area (Å²) in [5.74, 6) is -0.973. The Balaban J connectivity index is 4.49. The predicted molar refractivity (Wildman–Crippen MR) is 270 cm³/mol. The van der Waals surface area contributed by atoms with Crippen molar-refractivity contribution >= 4 is 17.9 Å². The van der Waals surface area contributed by atoms with E-state index in [2.05, 4.69) is 93.7 Å². The zero-order valence-electron chi connectivity index (χ0n) is 41.3. The Morgan fingerprint density at radius 3 is 1.02 bits per heavy atom. The van der Waals surface area contributed by atoms with Crippen molar-refractivity contribution in [1.82, 2.24) is 0 Å². The van der Waals surface area contributed by atoms with E-state index in [1.54, 1.807) is 0 Å². The number of rotatable bonds is 47. The summed E-state index contributed by atoms with van der Waals surface area (Å²) in [5.41, 5.74) is 0. The fourth-order valence-electron chi connectivity index (χ4n) is 7.13. The van der Waals surface area contributed by atoms with Gasteiger partial charge in [-0.1, -0.05) is 196 Å². The SMILES string of the molecule is CCCCC/C=C\C/C=C\C/C=C\C/C=C\CCCC(=O)OC[C@H](COC(=O)CCCCCCC/C=C\CCCCCC)OC(=O)CCCCCCC/C=C\CCCCCCCC. The molecule has 6 nitrogen and oxygen atoms in total. The average Bonchev–Trinajstić information content (AvgIpc) is 3.28. The van der Waals surface area contributed by atoms with Gasteiger partial charge in [-0.3, -0.25) is 14.4 Å². The smallest absolute Gasteiger partial charge is 0.306 e. The maximum absolute atomic E-state index is 12.8. The molecule has 0 aliphatic carbocycles. The van der Waals surface area contributed by atoms with Crippen molar-refractivity contribution in [1.29, 1.82) is 0 Å². The topological polar surface area (TPSA) is 78.9 Å². The van der Waals surface area contributed by atoms with Gasteiger partial charge in [0.2, 0.25) is 0 Å². The fraction of sp³-hybridized carbons (Fsp3) is 0.737. The summed E-state index contributed by atoms with van der Waals surface area (Å²) < 4.78 is 16.7. The highest BCUT2D eigenvalue weighted by Crippen LogP contribution is 2.13. The lowest BCUT2D eigenvalue weighted by molar-refractivity contribution is -0.167. The normalized spacial score (nSPS) is 12.6.